The summed E-state index contributed by atoms with van der Waals surface area (Å²) in [6.45, 7) is 5.20. The fourth-order valence-corrected chi connectivity index (χ4v) is 2.84. The molecule has 3 heteroatoms. The second-order valence-corrected chi connectivity index (χ2v) is 6.11. The SMILES string of the molecule is Cc1ccc(C(=O)/C=C/C=C(\c2ccccc2)N2CCOCC2)cc1. The van der Waals surface area contributed by atoms with Crippen molar-refractivity contribution in [2.24, 2.45) is 0 Å². The van der Waals surface area contributed by atoms with E-state index in [0.29, 0.717) is 5.56 Å². The van der Waals surface area contributed by atoms with Crippen LogP contribution in [0.25, 0.3) is 5.70 Å². The fraction of sp³-hybridized carbons (Fsp3) is 0.227. The third-order valence-electron chi connectivity index (χ3n) is 4.26. The minimum absolute atomic E-state index is 0.0191. The van der Waals surface area contributed by atoms with Gasteiger partial charge in [-0.15, -0.1) is 0 Å². The molecule has 1 heterocycles. The zero-order valence-corrected chi connectivity index (χ0v) is 14.5. The van der Waals surface area contributed by atoms with Gasteiger partial charge in [0.1, 0.15) is 0 Å². The van der Waals surface area contributed by atoms with Crippen LogP contribution in [0.2, 0.25) is 0 Å². The number of ether oxygens (including phenoxy) is 1. The zero-order valence-electron chi connectivity index (χ0n) is 14.5. The summed E-state index contributed by atoms with van der Waals surface area (Å²) in [6, 6.07) is 17.9. The molecule has 128 valence electrons. The Kier molecular flexibility index (Phi) is 5.81. The summed E-state index contributed by atoms with van der Waals surface area (Å²) in [5.41, 5.74) is 4.13. The van der Waals surface area contributed by atoms with Crippen molar-refractivity contribution in [2.75, 3.05) is 26.3 Å². The predicted molar refractivity (Wildman–Crippen MR) is 101 cm³/mol. The second kappa shape index (κ2) is 8.45. The number of rotatable bonds is 5. The van der Waals surface area contributed by atoms with Gasteiger partial charge in [-0.2, -0.15) is 0 Å². The van der Waals surface area contributed by atoms with Crippen molar-refractivity contribution in [3.8, 4) is 0 Å². The Bertz CT molecular complexity index is 754. The highest BCUT2D eigenvalue weighted by Gasteiger charge is 2.14. The van der Waals surface area contributed by atoms with Crippen molar-refractivity contribution >= 4 is 11.5 Å². The van der Waals surface area contributed by atoms with Gasteiger partial charge in [0, 0.05) is 24.4 Å². The smallest absolute Gasteiger partial charge is 0.185 e. The van der Waals surface area contributed by atoms with E-state index < -0.39 is 0 Å². The van der Waals surface area contributed by atoms with Gasteiger partial charge < -0.3 is 9.64 Å². The number of hydrogen-bond acceptors (Lipinski definition) is 3. The van der Waals surface area contributed by atoms with E-state index in [0.717, 1.165) is 43.1 Å². The van der Waals surface area contributed by atoms with Crippen molar-refractivity contribution in [1.29, 1.82) is 0 Å². The van der Waals surface area contributed by atoms with Crippen molar-refractivity contribution in [3.05, 3.63) is 89.5 Å². The highest BCUT2D eigenvalue weighted by atomic mass is 16.5. The van der Waals surface area contributed by atoms with Crippen molar-refractivity contribution < 1.29 is 9.53 Å². The molecule has 3 nitrogen and oxygen atoms in total. The first kappa shape index (κ1) is 17.2. The first-order chi connectivity index (χ1) is 12.2. The van der Waals surface area contributed by atoms with Crippen molar-refractivity contribution in [2.45, 2.75) is 6.92 Å². The average molecular weight is 333 g/mol. The molecule has 0 amide bonds. The largest absolute Gasteiger partial charge is 0.378 e. The lowest BCUT2D eigenvalue weighted by atomic mass is 10.1. The molecule has 3 rings (SSSR count). The molecule has 0 radical (unpaired) electrons. The number of morpholine rings is 1. The maximum atomic E-state index is 12.3. The molecule has 0 bridgehead atoms. The van der Waals surface area contributed by atoms with Gasteiger partial charge in [-0.1, -0.05) is 66.2 Å². The summed E-state index contributed by atoms with van der Waals surface area (Å²) < 4.78 is 5.45. The van der Waals surface area contributed by atoms with Gasteiger partial charge in [0.2, 0.25) is 0 Å². The van der Waals surface area contributed by atoms with Crippen LogP contribution in [0, 0.1) is 6.92 Å². The first-order valence-corrected chi connectivity index (χ1v) is 8.61. The van der Waals surface area contributed by atoms with E-state index in [4.69, 9.17) is 4.74 Å². The van der Waals surface area contributed by atoms with Crippen LogP contribution in [0.15, 0.2) is 72.8 Å². The third-order valence-corrected chi connectivity index (χ3v) is 4.26. The molecule has 0 spiro atoms. The summed E-state index contributed by atoms with van der Waals surface area (Å²) >= 11 is 0. The van der Waals surface area contributed by atoms with Crippen LogP contribution in [0.1, 0.15) is 21.5 Å². The zero-order chi connectivity index (χ0) is 17.5. The lowest BCUT2D eigenvalue weighted by Gasteiger charge is -2.31. The van der Waals surface area contributed by atoms with Gasteiger partial charge >= 0.3 is 0 Å². The number of nitrogens with zero attached hydrogens (tertiary/aromatic N) is 1. The normalized spacial score (nSPS) is 15.6. The first-order valence-electron chi connectivity index (χ1n) is 8.61. The molecule has 0 aromatic heterocycles. The second-order valence-electron chi connectivity index (χ2n) is 6.11. The average Bonchev–Trinajstić information content (AvgIpc) is 2.67. The number of ketones is 1. The highest BCUT2D eigenvalue weighted by molar-refractivity contribution is 6.04. The highest BCUT2D eigenvalue weighted by Crippen LogP contribution is 2.20. The quantitative estimate of drug-likeness (QED) is 0.468. The van der Waals surface area contributed by atoms with Crippen LogP contribution >= 0.6 is 0 Å². The molecule has 1 aliphatic rings. The van der Waals surface area contributed by atoms with Crippen molar-refractivity contribution in [3.63, 3.8) is 0 Å². The van der Waals surface area contributed by atoms with E-state index in [1.54, 1.807) is 6.08 Å². The lowest BCUT2D eigenvalue weighted by Crippen LogP contribution is -2.34. The molecular formula is C22H23NO2. The van der Waals surface area contributed by atoms with E-state index in [2.05, 4.69) is 17.0 Å². The molecule has 0 saturated carbocycles. The summed E-state index contributed by atoms with van der Waals surface area (Å²) in [5, 5.41) is 0. The summed E-state index contributed by atoms with van der Waals surface area (Å²) in [5.74, 6) is 0.0191. The number of allylic oxidation sites excluding steroid dienone is 3. The molecule has 0 atom stereocenters. The van der Waals surface area contributed by atoms with E-state index in [9.17, 15) is 4.79 Å². The topological polar surface area (TPSA) is 29.5 Å². The van der Waals surface area contributed by atoms with Crippen LogP contribution in [0.5, 0.6) is 0 Å². The van der Waals surface area contributed by atoms with E-state index in [1.807, 2.05) is 61.5 Å². The Balaban J connectivity index is 1.80. The van der Waals surface area contributed by atoms with Crippen molar-refractivity contribution in [1.82, 2.24) is 4.90 Å². The van der Waals surface area contributed by atoms with Gasteiger partial charge in [0.25, 0.3) is 0 Å². The van der Waals surface area contributed by atoms with Crippen LogP contribution in [-0.4, -0.2) is 37.0 Å². The summed E-state index contributed by atoms with van der Waals surface area (Å²) in [4.78, 5) is 14.6. The summed E-state index contributed by atoms with van der Waals surface area (Å²) in [7, 11) is 0. The number of hydrogen-bond donors (Lipinski definition) is 0. The van der Waals surface area contributed by atoms with Crippen LogP contribution in [-0.2, 0) is 4.74 Å². The fourth-order valence-electron chi connectivity index (χ4n) is 2.84. The molecule has 2 aromatic rings. The van der Waals surface area contributed by atoms with Gasteiger partial charge in [0.05, 0.1) is 13.2 Å². The molecular weight excluding hydrogens is 310 g/mol. The van der Waals surface area contributed by atoms with Gasteiger partial charge in [-0.25, -0.2) is 0 Å². The maximum absolute atomic E-state index is 12.3. The molecule has 0 aliphatic carbocycles. The Morgan fingerprint density at radius 1 is 0.960 bits per heavy atom. The molecule has 2 aromatic carbocycles. The Labute approximate surface area is 149 Å². The molecule has 0 N–H and O–H groups in total. The van der Waals surface area contributed by atoms with Crippen LogP contribution in [0.3, 0.4) is 0 Å². The third kappa shape index (κ3) is 4.68. The minimum Gasteiger partial charge on any atom is -0.378 e. The van der Waals surface area contributed by atoms with Crippen LogP contribution in [0.4, 0.5) is 0 Å². The summed E-state index contributed by atoms with van der Waals surface area (Å²) in [6.07, 6.45) is 5.50. The monoisotopic (exact) mass is 333 g/mol. The number of benzene rings is 2. The van der Waals surface area contributed by atoms with E-state index in [-0.39, 0.29) is 5.78 Å². The van der Waals surface area contributed by atoms with Crippen LogP contribution < -0.4 is 0 Å². The minimum atomic E-state index is 0.0191. The van der Waals surface area contributed by atoms with E-state index in [1.165, 1.54) is 0 Å². The Morgan fingerprint density at radius 2 is 1.64 bits per heavy atom. The molecule has 1 aliphatic heterocycles. The molecule has 1 fully saturated rings. The van der Waals surface area contributed by atoms with Gasteiger partial charge in [0.15, 0.2) is 5.78 Å². The number of carbonyl (C=O) groups is 1. The Hall–Kier alpha value is -2.65. The lowest BCUT2D eigenvalue weighted by molar-refractivity contribution is 0.0639. The maximum Gasteiger partial charge on any atom is 0.185 e. The predicted octanol–water partition coefficient (Wildman–Crippen LogP) is 4.11. The van der Waals surface area contributed by atoms with Gasteiger partial charge in [-0.05, 0) is 24.6 Å². The molecule has 1 saturated heterocycles. The standard InChI is InChI=1S/C22H23NO2/c1-18-10-12-20(13-11-18)22(24)9-5-8-21(19-6-3-2-4-7-19)23-14-16-25-17-15-23/h2-13H,14-17H2,1H3/b9-5+,21-8+. The Morgan fingerprint density at radius 3 is 2.32 bits per heavy atom. The molecule has 25 heavy (non-hydrogen) atoms. The van der Waals surface area contributed by atoms with E-state index >= 15 is 0 Å². The number of carbonyl (C=O) groups excluding carboxylic acids is 1. The van der Waals surface area contributed by atoms with Gasteiger partial charge in [-0.3, -0.25) is 4.79 Å². The molecule has 0 unspecified atom stereocenters. The number of aryl methyl sites for hydroxylation is 1.